The number of amides is 1. The third-order valence-electron chi connectivity index (χ3n) is 3.93. The lowest BCUT2D eigenvalue weighted by Gasteiger charge is -2.05. The Bertz CT molecular complexity index is 1050. The highest BCUT2D eigenvalue weighted by atomic mass is 32.1. The number of carbonyl (C=O) groups excluding carboxylic acids is 1. The molecule has 7 heteroatoms. The van der Waals surface area contributed by atoms with Crippen LogP contribution in [-0.2, 0) is 0 Å². The number of aromatic nitrogens is 2. The van der Waals surface area contributed by atoms with Gasteiger partial charge in [-0.05, 0) is 47.9 Å². The second-order valence-electron chi connectivity index (χ2n) is 5.66. The molecule has 1 amide bonds. The minimum absolute atomic E-state index is 0.179. The number of carbonyl (C=O) groups is 1. The summed E-state index contributed by atoms with van der Waals surface area (Å²) in [7, 11) is 0. The van der Waals surface area contributed by atoms with Gasteiger partial charge in [0.25, 0.3) is 5.91 Å². The first-order valence-electron chi connectivity index (χ1n) is 7.89. The monoisotopic (exact) mass is 352 g/mol. The van der Waals surface area contributed by atoms with Crippen LogP contribution in [0.3, 0.4) is 0 Å². The van der Waals surface area contributed by atoms with Gasteiger partial charge in [-0.3, -0.25) is 4.79 Å². The second kappa shape index (κ2) is 6.45. The molecule has 4 N–H and O–H groups in total. The van der Waals surface area contributed by atoms with E-state index in [4.69, 9.17) is 0 Å². The average Bonchev–Trinajstić information content (AvgIpc) is 3.22. The Morgan fingerprint density at radius 2 is 2.04 bits per heavy atom. The summed E-state index contributed by atoms with van der Waals surface area (Å²) in [5, 5.41) is 17.5. The van der Waals surface area contributed by atoms with Crippen LogP contribution in [0.2, 0.25) is 0 Å². The van der Waals surface area contributed by atoms with E-state index in [1.165, 1.54) is 11.5 Å². The number of H-pyrrole nitrogens is 1. The quantitative estimate of drug-likeness (QED) is 0.415. The molecule has 4 aromatic rings. The smallest absolute Gasteiger partial charge is 0.267 e. The Labute approximate surface area is 147 Å². The van der Waals surface area contributed by atoms with Crippen molar-refractivity contribution >= 4 is 44.2 Å². The molecule has 0 fully saturated rings. The number of hydrogen-bond donors (Lipinski definition) is 4. The van der Waals surface area contributed by atoms with Gasteiger partial charge in [0.2, 0.25) is 0 Å². The van der Waals surface area contributed by atoms with Gasteiger partial charge in [-0.25, -0.2) is 0 Å². The molecule has 126 valence electrons. The predicted molar refractivity (Wildman–Crippen MR) is 100 cm³/mol. The average molecular weight is 352 g/mol. The zero-order valence-corrected chi connectivity index (χ0v) is 14.1. The lowest BCUT2D eigenvalue weighted by atomic mass is 10.2. The number of hydrogen-bond acceptors (Lipinski definition) is 5. The van der Waals surface area contributed by atoms with E-state index in [0.717, 1.165) is 26.8 Å². The van der Waals surface area contributed by atoms with Crippen LogP contribution < -0.4 is 10.6 Å². The zero-order chi connectivity index (χ0) is 17.2. The number of nitrogens with zero attached hydrogens (tertiary/aromatic N) is 1. The molecule has 2 aromatic heterocycles. The van der Waals surface area contributed by atoms with E-state index in [-0.39, 0.29) is 11.7 Å². The Balaban J connectivity index is 1.35. The lowest BCUT2D eigenvalue weighted by Crippen LogP contribution is -2.29. The summed E-state index contributed by atoms with van der Waals surface area (Å²) in [5.41, 5.74) is 1.29. The molecule has 0 unspecified atom stereocenters. The number of benzene rings is 2. The molecule has 0 saturated heterocycles. The van der Waals surface area contributed by atoms with Crippen molar-refractivity contribution in [3.8, 4) is 5.75 Å². The first kappa shape index (κ1) is 15.5. The number of phenolic OH excluding ortho intramolecular Hbond substituents is 1. The Morgan fingerprint density at radius 3 is 2.96 bits per heavy atom. The van der Waals surface area contributed by atoms with Gasteiger partial charge in [0, 0.05) is 29.4 Å². The molecule has 0 saturated carbocycles. The molecule has 2 aromatic carbocycles. The number of aromatic hydroxyl groups is 1. The van der Waals surface area contributed by atoms with Crippen molar-refractivity contribution < 1.29 is 9.90 Å². The summed E-state index contributed by atoms with van der Waals surface area (Å²) in [6.45, 7) is 1.06. The van der Waals surface area contributed by atoms with Gasteiger partial charge in [0.15, 0.2) is 0 Å². The minimum atomic E-state index is -0.180. The third kappa shape index (κ3) is 3.14. The van der Waals surface area contributed by atoms with Crippen molar-refractivity contribution in [1.82, 2.24) is 14.7 Å². The largest absolute Gasteiger partial charge is 0.508 e. The van der Waals surface area contributed by atoms with E-state index in [2.05, 4.69) is 20.0 Å². The predicted octanol–water partition coefficient (Wildman–Crippen LogP) is 3.33. The van der Waals surface area contributed by atoms with Gasteiger partial charge >= 0.3 is 0 Å². The van der Waals surface area contributed by atoms with Crippen molar-refractivity contribution in [2.45, 2.75) is 0 Å². The molecule has 0 bridgehead atoms. The molecular formula is C18H16N4O2S. The SMILES string of the molecule is O=C(NCCNc1nsc2ccccc12)c1cc2cc(O)ccc2[nH]1. The molecule has 0 spiro atoms. The highest BCUT2D eigenvalue weighted by molar-refractivity contribution is 7.13. The molecule has 0 aliphatic rings. The first-order chi connectivity index (χ1) is 12.2. The maximum Gasteiger partial charge on any atom is 0.267 e. The number of phenols is 1. The van der Waals surface area contributed by atoms with Crippen LogP contribution in [-0.4, -0.2) is 33.5 Å². The summed E-state index contributed by atoms with van der Waals surface area (Å²) >= 11 is 1.45. The second-order valence-corrected chi connectivity index (χ2v) is 6.47. The summed E-state index contributed by atoms with van der Waals surface area (Å²) in [4.78, 5) is 15.3. The molecule has 0 atom stereocenters. The molecule has 25 heavy (non-hydrogen) atoms. The highest BCUT2D eigenvalue weighted by Gasteiger charge is 2.10. The van der Waals surface area contributed by atoms with Crippen LogP contribution in [0.15, 0.2) is 48.5 Å². The fourth-order valence-electron chi connectivity index (χ4n) is 2.71. The van der Waals surface area contributed by atoms with E-state index in [1.54, 1.807) is 24.3 Å². The van der Waals surface area contributed by atoms with Crippen LogP contribution in [0.1, 0.15) is 10.5 Å². The molecular weight excluding hydrogens is 336 g/mol. The van der Waals surface area contributed by atoms with Gasteiger partial charge in [0.05, 0.1) is 4.70 Å². The lowest BCUT2D eigenvalue weighted by molar-refractivity contribution is 0.0951. The molecule has 6 nitrogen and oxygen atoms in total. The van der Waals surface area contributed by atoms with E-state index >= 15 is 0 Å². The Hall–Kier alpha value is -3.06. The number of anilines is 1. The van der Waals surface area contributed by atoms with Gasteiger partial charge in [-0.2, -0.15) is 4.37 Å². The number of rotatable bonds is 5. The van der Waals surface area contributed by atoms with Gasteiger partial charge < -0.3 is 20.7 Å². The highest BCUT2D eigenvalue weighted by Crippen LogP contribution is 2.25. The van der Waals surface area contributed by atoms with Crippen molar-refractivity contribution in [1.29, 1.82) is 0 Å². The molecule has 4 rings (SSSR count). The summed E-state index contributed by atoms with van der Waals surface area (Å²) in [5.74, 6) is 0.842. The van der Waals surface area contributed by atoms with Gasteiger partial charge in [0.1, 0.15) is 17.3 Å². The van der Waals surface area contributed by atoms with Gasteiger partial charge in [-0.15, -0.1) is 0 Å². The van der Waals surface area contributed by atoms with Crippen LogP contribution in [0.5, 0.6) is 5.75 Å². The van der Waals surface area contributed by atoms with Crippen molar-refractivity contribution in [3.05, 3.63) is 54.2 Å². The molecule has 0 aliphatic heterocycles. The summed E-state index contributed by atoms with van der Waals surface area (Å²) in [6.07, 6.45) is 0. The fourth-order valence-corrected chi connectivity index (χ4v) is 3.46. The maximum absolute atomic E-state index is 12.2. The standard InChI is InChI=1S/C18H16N4O2S/c23-12-5-6-14-11(9-12)10-15(21-14)18(24)20-8-7-19-17-13-3-1-2-4-16(13)25-22-17/h1-6,9-10,21,23H,7-8H2,(H,19,22)(H,20,24). The normalized spacial score (nSPS) is 11.0. The van der Waals surface area contributed by atoms with Crippen LogP contribution in [0.4, 0.5) is 5.82 Å². The number of fused-ring (bicyclic) bond motifs is 2. The number of aromatic amines is 1. The zero-order valence-electron chi connectivity index (χ0n) is 13.2. The topological polar surface area (TPSA) is 90.0 Å². The van der Waals surface area contributed by atoms with Crippen molar-refractivity contribution in [2.24, 2.45) is 0 Å². The third-order valence-corrected chi connectivity index (χ3v) is 4.76. The maximum atomic E-state index is 12.2. The van der Waals surface area contributed by atoms with E-state index < -0.39 is 0 Å². The molecule has 0 aliphatic carbocycles. The van der Waals surface area contributed by atoms with Crippen LogP contribution >= 0.6 is 11.5 Å². The number of nitrogens with one attached hydrogen (secondary N) is 3. The van der Waals surface area contributed by atoms with Crippen molar-refractivity contribution in [3.63, 3.8) is 0 Å². The summed E-state index contributed by atoms with van der Waals surface area (Å²) in [6, 6.07) is 14.7. The van der Waals surface area contributed by atoms with Gasteiger partial charge in [-0.1, -0.05) is 12.1 Å². The van der Waals surface area contributed by atoms with Crippen LogP contribution in [0.25, 0.3) is 21.0 Å². The Kier molecular flexibility index (Phi) is 3.99. The fraction of sp³-hybridized carbons (Fsp3) is 0.111. The van der Waals surface area contributed by atoms with E-state index in [1.807, 2.05) is 24.3 Å². The Morgan fingerprint density at radius 1 is 1.16 bits per heavy atom. The molecule has 2 heterocycles. The van der Waals surface area contributed by atoms with Crippen molar-refractivity contribution in [2.75, 3.05) is 18.4 Å². The van der Waals surface area contributed by atoms with E-state index in [0.29, 0.717) is 18.8 Å². The minimum Gasteiger partial charge on any atom is -0.508 e. The summed E-state index contributed by atoms with van der Waals surface area (Å²) < 4.78 is 5.53. The van der Waals surface area contributed by atoms with E-state index in [9.17, 15) is 9.90 Å². The van der Waals surface area contributed by atoms with Crippen LogP contribution in [0, 0.1) is 0 Å². The first-order valence-corrected chi connectivity index (χ1v) is 8.66. The molecule has 0 radical (unpaired) electrons.